The minimum absolute atomic E-state index is 0.0217. The molecule has 2 aromatic heterocycles. The van der Waals surface area contributed by atoms with Gasteiger partial charge in [0.05, 0.1) is 18.5 Å². The lowest BCUT2D eigenvalue weighted by molar-refractivity contribution is -0.122. The van der Waals surface area contributed by atoms with Crippen LogP contribution in [-0.4, -0.2) is 58.4 Å². The van der Waals surface area contributed by atoms with Crippen LogP contribution in [0.15, 0.2) is 64.8 Å². The second-order valence-corrected chi connectivity index (χ2v) is 9.52. The predicted octanol–water partition coefficient (Wildman–Crippen LogP) is 3.22. The number of piperazine rings is 1. The summed E-state index contributed by atoms with van der Waals surface area (Å²) in [5.74, 6) is 0.341. The lowest BCUT2D eigenvalue weighted by atomic mass is 10.1. The summed E-state index contributed by atoms with van der Waals surface area (Å²) in [4.78, 5) is 37.8. The van der Waals surface area contributed by atoms with Crippen LogP contribution in [0.2, 0.25) is 0 Å². The van der Waals surface area contributed by atoms with E-state index in [1.807, 2.05) is 35.7 Å². The number of fused-ring (bicyclic) bond motifs is 1. The molecule has 2 aromatic carbocycles. The number of hydrogen-bond donors (Lipinski definition) is 2. The molecule has 0 saturated carbocycles. The van der Waals surface area contributed by atoms with Crippen molar-refractivity contribution in [2.24, 2.45) is 0 Å². The zero-order chi connectivity index (χ0) is 24.2. The number of aromatic nitrogens is 2. The van der Waals surface area contributed by atoms with E-state index in [1.54, 1.807) is 12.1 Å². The fraction of sp³-hybridized carbons (Fsp3) is 0.269. The standard InChI is InChI=1S/C26H26FN5O2S/c27-20-8-6-19(7-9-20)21-17-35-26-24(21)25(34)29-22(30-26)15-31-10-12-32(13-11-31)16-23(33)28-14-18-4-2-1-3-5-18/h1-9,17H,10-16H2,(H,28,33)(H,29,30,34). The highest BCUT2D eigenvalue weighted by Gasteiger charge is 2.20. The summed E-state index contributed by atoms with van der Waals surface area (Å²) >= 11 is 1.42. The Hall–Kier alpha value is -3.40. The summed E-state index contributed by atoms with van der Waals surface area (Å²) in [6.07, 6.45) is 0. The van der Waals surface area contributed by atoms with E-state index in [4.69, 9.17) is 0 Å². The van der Waals surface area contributed by atoms with Crippen LogP contribution in [0.3, 0.4) is 0 Å². The number of halogens is 1. The number of amides is 1. The zero-order valence-corrected chi connectivity index (χ0v) is 20.0. The molecule has 1 aliphatic heterocycles. The third-order valence-electron chi connectivity index (χ3n) is 6.19. The smallest absolute Gasteiger partial charge is 0.260 e. The van der Waals surface area contributed by atoms with Gasteiger partial charge in [-0.1, -0.05) is 42.5 Å². The van der Waals surface area contributed by atoms with Crippen molar-refractivity contribution in [2.45, 2.75) is 13.1 Å². The van der Waals surface area contributed by atoms with Crippen LogP contribution in [0.5, 0.6) is 0 Å². The summed E-state index contributed by atoms with van der Waals surface area (Å²) in [7, 11) is 0. The molecule has 2 N–H and O–H groups in total. The first-order valence-electron chi connectivity index (χ1n) is 11.6. The van der Waals surface area contributed by atoms with Crippen LogP contribution >= 0.6 is 11.3 Å². The normalized spacial score (nSPS) is 14.9. The Morgan fingerprint density at radius 3 is 2.49 bits per heavy atom. The number of nitrogens with zero attached hydrogens (tertiary/aromatic N) is 3. The minimum atomic E-state index is -0.310. The third-order valence-corrected chi connectivity index (χ3v) is 7.06. The van der Waals surface area contributed by atoms with Crippen LogP contribution in [0.1, 0.15) is 11.4 Å². The Morgan fingerprint density at radius 2 is 1.74 bits per heavy atom. The number of thiophene rings is 1. The molecule has 1 saturated heterocycles. The molecular formula is C26H26FN5O2S. The van der Waals surface area contributed by atoms with Gasteiger partial charge in [0, 0.05) is 43.7 Å². The number of H-pyrrole nitrogens is 1. The maximum Gasteiger partial charge on any atom is 0.260 e. The average Bonchev–Trinajstić information content (AvgIpc) is 3.30. The highest BCUT2D eigenvalue weighted by Crippen LogP contribution is 2.30. The molecule has 0 aliphatic carbocycles. The highest BCUT2D eigenvalue weighted by molar-refractivity contribution is 7.17. The Bertz CT molecular complexity index is 1360. The van der Waals surface area contributed by atoms with Gasteiger partial charge in [-0.05, 0) is 23.3 Å². The molecule has 0 spiro atoms. The van der Waals surface area contributed by atoms with Crippen molar-refractivity contribution in [1.82, 2.24) is 25.1 Å². The van der Waals surface area contributed by atoms with Crippen LogP contribution in [0, 0.1) is 5.82 Å². The van der Waals surface area contributed by atoms with Gasteiger partial charge in [0.1, 0.15) is 16.5 Å². The molecule has 5 rings (SSSR count). The number of carbonyl (C=O) groups excluding carboxylic acids is 1. The van der Waals surface area contributed by atoms with Crippen LogP contribution < -0.4 is 10.9 Å². The molecule has 180 valence electrons. The molecule has 0 bridgehead atoms. The zero-order valence-electron chi connectivity index (χ0n) is 19.2. The lowest BCUT2D eigenvalue weighted by Crippen LogP contribution is -2.49. The molecule has 7 nitrogen and oxygen atoms in total. The van der Waals surface area contributed by atoms with E-state index in [9.17, 15) is 14.0 Å². The maximum absolute atomic E-state index is 13.3. The fourth-order valence-electron chi connectivity index (χ4n) is 4.28. The Labute approximate surface area is 206 Å². The summed E-state index contributed by atoms with van der Waals surface area (Å²) in [6.45, 7) is 4.59. The monoisotopic (exact) mass is 491 g/mol. The van der Waals surface area contributed by atoms with E-state index in [1.165, 1.54) is 23.5 Å². The number of rotatable bonds is 7. The summed E-state index contributed by atoms with van der Waals surface area (Å²) in [6, 6.07) is 16.0. The van der Waals surface area contributed by atoms with Gasteiger partial charge in [0.25, 0.3) is 5.56 Å². The van der Waals surface area contributed by atoms with E-state index >= 15 is 0 Å². The van der Waals surface area contributed by atoms with Gasteiger partial charge in [-0.25, -0.2) is 9.37 Å². The molecule has 0 unspecified atom stereocenters. The molecule has 1 fully saturated rings. The van der Waals surface area contributed by atoms with Crippen molar-refractivity contribution < 1.29 is 9.18 Å². The van der Waals surface area contributed by atoms with Crippen molar-refractivity contribution >= 4 is 27.5 Å². The summed E-state index contributed by atoms with van der Waals surface area (Å²) < 4.78 is 13.3. The molecule has 1 amide bonds. The van der Waals surface area contributed by atoms with Gasteiger partial charge in [-0.3, -0.25) is 19.4 Å². The molecular weight excluding hydrogens is 465 g/mol. The van der Waals surface area contributed by atoms with E-state index in [-0.39, 0.29) is 17.3 Å². The number of benzene rings is 2. The SMILES string of the molecule is O=C(CN1CCN(Cc2nc3scc(-c4ccc(F)cc4)c3c(=O)[nH]2)CC1)NCc1ccccc1. The average molecular weight is 492 g/mol. The topological polar surface area (TPSA) is 81.3 Å². The Kier molecular flexibility index (Phi) is 6.98. The van der Waals surface area contributed by atoms with Crippen molar-refractivity contribution in [2.75, 3.05) is 32.7 Å². The lowest BCUT2D eigenvalue weighted by Gasteiger charge is -2.33. The van der Waals surface area contributed by atoms with Gasteiger partial charge in [-0.2, -0.15) is 0 Å². The minimum Gasteiger partial charge on any atom is -0.351 e. The van der Waals surface area contributed by atoms with Gasteiger partial charge in [0.15, 0.2) is 0 Å². The van der Waals surface area contributed by atoms with E-state index in [0.29, 0.717) is 35.7 Å². The number of nitrogens with one attached hydrogen (secondary N) is 2. The largest absolute Gasteiger partial charge is 0.351 e. The number of hydrogen-bond acceptors (Lipinski definition) is 6. The quantitative estimate of drug-likeness (QED) is 0.415. The summed E-state index contributed by atoms with van der Waals surface area (Å²) in [5.41, 5.74) is 2.46. The van der Waals surface area contributed by atoms with Gasteiger partial charge >= 0.3 is 0 Å². The van der Waals surface area contributed by atoms with Gasteiger partial charge in [0.2, 0.25) is 5.91 Å². The van der Waals surface area contributed by atoms with E-state index in [0.717, 1.165) is 42.9 Å². The van der Waals surface area contributed by atoms with Gasteiger partial charge in [-0.15, -0.1) is 11.3 Å². The van der Waals surface area contributed by atoms with Crippen molar-refractivity contribution in [1.29, 1.82) is 0 Å². The summed E-state index contributed by atoms with van der Waals surface area (Å²) in [5, 5.41) is 5.41. The van der Waals surface area contributed by atoms with Crippen LogP contribution in [0.4, 0.5) is 4.39 Å². The van der Waals surface area contributed by atoms with E-state index < -0.39 is 0 Å². The first kappa shape index (κ1) is 23.3. The number of aromatic amines is 1. The third kappa shape index (κ3) is 5.64. The highest BCUT2D eigenvalue weighted by atomic mass is 32.1. The first-order valence-corrected chi connectivity index (χ1v) is 12.4. The molecule has 3 heterocycles. The second-order valence-electron chi connectivity index (χ2n) is 8.66. The van der Waals surface area contributed by atoms with E-state index in [2.05, 4.69) is 25.1 Å². The molecule has 1 aliphatic rings. The molecule has 9 heteroatoms. The Balaban J connectivity index is 1.16. The first-order chi connectivity index (χ1) is 17.0. The molecule has 35 heavy (non-hydrogen) atoms. The fourth-order valence-corrected chi connectivity index (χ4v) is 5.25. The number of carbonyl (C=O) groups is 1. The van der Waals surface area contributed by atoms with Crippen LogP contribution in [0.25, 0.3) is 21.3 Å². The second kappa shape index (κ2) is 10.5. The van der Waals surface area contributed by atoms with Crippen molar-refractivity contribution in [3.8, 4) is 11.1 Å². The maximum atomic E-state index is 13.3. The molecule has 0 radical (unpaired) electrons. The predicted molar refractivity (Wildman–Crippen MR) is 136 cm³/mol. The van der Waals surface area contributed by atoms with Crippen molar-refractivity contribution in [3.05, 3.63) is 87.5 Å². The van der Waals surface area contributed by atoms with Crippen LogP contribution in [-0.2, 0) is 17.9 Å². The van der Waals surface area contributed by atoms with Crippen molar-refractivity contribution in [3.63, 3.8) is 0 Å². The van der Waals surface area contributed by atoms with Gasteiger partial charge < -0.3 is 10.3 Å². The molecule has 0 atom stereocenters. The molecule has 4 aromatic rings. The Morgan fingerprint density at radius 1 is 1.03 bits per heavy atom.